The van der Waals surface area contributed by atoms with Gasteiger partial charge in [-0.3, -0.25) is 4.79 Å². The molecule has 1 aromatic rings. The zero-order valence-corrected chi connectivity index (χ0v) is 10.9. The fourth-order valence-corrected chi connectivity index (χ4v) is 1.27. The van der Waals surface area contributed by atoms with Crippen LogP contribution in [0.1, 0.15) is 6.92 Å². The first-order valence-electron chi connectivity index (χ1n) is 5.97. The van der Waals surface area contributed by atoms with Crippen molar-refractivity contribution in [2.45, 2.75) is 6.92 Å². The van der Waals surface area contributed by atoms with Gasteiger partial charge in [0.25, 0.3) is 0 Å². The lowest BCUT2D eigenvalue weighted by Gasteiger charge is -2.07. The number of hydrogen-bond donors (Lipinski definition) is 1. The number of halogens is 1. The van der Waals surface area contributed by atoms with Crippen molar-refractivity contribution in [2.75, 3.05) is 38.6 Å². The smallest absolute Gasteiger partial charge is 0.155 e. The molecule has 0 amide bonds. The maximum atomic E-state index is 12.0. The van der Waals surface area contributed by atoms with Crippen molar-refractivity contribution >= 4 is 11.5 Å². The summed E-state index contributed by atoms with van der Waals surface area (Å²) in [4.78, 5) is 10.6. The van der Waals surface area contributed by atoms with Crippen molar-refractivity contribution in [1.29, 1.82) is 0 Å². The van der Waals surface area contributed by atoms with Crippen LogP contribution in [0, 0.1) is 0 Å². The minimum absolute atomic E-state index is 0.00505. The van der Waals surface area contributed by atoms with E-state index in [0.717, 1.165) is 0 Å². The van der Waals surface area contributed by atoms with Crippen molar-refractivity contribution in [3.8, 4) is 5.75 Å². The van der Waals surface area contributed by atoms with Gasteiger partial charge in [0.15, 0.2) is 5.78 Å². The summed E-state index contributed by atoms with van der Waals surface area (Å²) in [5.41, 5.74) is 1.92. The summed E-state index contributed by atoms with van der Waals surface area (Å²) in [6.07, 6.45) is 0. The Morgan fingerprint density at radius 2 is 1.74 bits per heavy atom. The molecule has 19 heavy (non-hydrogen) atoms. The molecule has 0 aliphatic rings. The Morgan fingerprint density at radius 3 is 2.37 bits per heavy atom. The quantitative estimate of drug-likeness (QED) is 0.521. The molecule has 1 N–H and O–H groups in total. The van der Waals surface area contributed by atoms with Crippen molar-refractivity contribution in [1.82, 2.24) is 0 Å². The van der Waals surface area contributed by atoms with Gasteiger partial charge in [0.2, 0.25) is 0 Å². The minimum Gasteiger partial charge on any atom is -0.491 e. The van der Waals surface area contributed by atoms with Gasteiger partial charge in [-0.2, -0.15) is 0 Å². The van der Waals surface area contributed by atoms with Crippen LogP contribution >= 0.6 is 0 Å². The van der Waals surface area contributed by atoms with Gasteiger partial charge in [-0.25, -0.2) is 5.54 Å². The molecular formula is C13H18FNO4. The van der Waals surface area contributed by atoms with Crippen molar-refractivity contribution < 1.29 is 23.5 Å². The van der Waals surface area contributed by atoms with Crippen LogP contribution in [0.25, 0.3) is 0 Å². The van der Waals surface area contributed by atoms with Gasteiger partial charge < -0.3 is 14.2 Å². The number of carbonyl (C=O) groups is 1. The highest BCUT2D eigenvalue weighted by Gasteiger charge is 1.96. The van der Waals surface area contributed by atoms with Gasteiger partial charge in [0.05, 0.1) is 25.5 Å². The maximum absolute atomic E-state index is 12.0. The highest BCUT2D eigenvalue weighted by molar-refractivity contribution is 5.76. The molecule has 0 saturated carbocycles. The largest absolute Gasteiger partial charge is 0.491 e. The molecular weight excluding hydrogens is 253 g/mol. The average Bonchev–Trinajstić information content (AvgIpc) is 2.42. The lowest BCUT2D eigenvalue weighted by Crippen LogP contribution is -2.13. The zero-order valence-electron chi connectivity index (χ0n) is 10.9. The number of carbonyl (C=O) groups excluding carboxylic acids is 1. The molecule has 5 nitrogen and oxygen atoms in total. The predicted molar refractivity (Wildman–Crippen MR) is 69.0 cm³/mol. The third-order valence-corrected chi connectivity index (χ3v) is 2.14. The molecule has 106 valence electrons. The first-order chi connectivity index (χ1) is 9.22. The first-order valence-corrected chi connectivity index (χ1v) is 5.97. The normalized spacial score (nSPS) is 10.2. The molecule has 0 aliphatic carbocycles. The fraction of sp³-hybridized carbons (Fsp3) is 0.462. The van der Waals surface area contributed by atoms with E-state index in [1.54, 1.807) is 24.3 Å². The molecule has 1 aromatic carbocycles. The second kappa shape index (κ2) is 9.29. The number of nitrogens with one attached hydrogen (secondary N) is 1. The van der Waals surface area contributed by atoms with Crippen LogP contribution in [-0.2, 0) is 14.3 Å². The van der Waals surface area contributed by atoms with E-state index in [4.69, 9.17) is 14.2 Å². The van der Waals surface area contributed by atoms with Gasteiger partial charge in [-0.15, -0.1) is 4.48 Å². The molecule has 0 spiro atoms. The lowest BCUT2D eigenvalue weighted by molar-refractivity contribution is -0.122. The van der Waals surface area contributed by atoms with E-state index >= 15 is 0 Å². The molecule has 0 unspecified atom stereocenters. The Bertz CT molecular complexity index is 369. The van der Waals surface area contributed by atoms with Crippen molar-refractivity contribution in [3.05, 3.63) is 24.3 Å². The van der Waals surface area contributed by atoms with Crippen LogP contribution < -0.4 is 10.3 Å². The molecule has 0 bridgehead atoms. The van der Waals surface area contributed by atoms with Crippen LogP contribution in [0.15, 0.2) is 24.3 Å². The third-order valence-electron chi connectivity index (χ3n) is 2.14. The van der Waals surface area contributed by atoms with Crippen LogP contribution in [0.3, 0.4) is 0 Å². The number of rotatable bonds is 10. The van der Waals surface area contributed by atoms with Gasteiger partial charge in [-0.05, 0) is 31.2 Å². The van der Waals surface area contributed by atoms with E-state index in [1.165, 1.54) is 12.5 Å². The summed E-state index contributed by atoms with van der Waals surface area (Å²) >= 11 is 0. The summed E-state index contributed by atoms with van der Waals surface area (Å²) in [5.74, 6) is 0.643. The summed E-state index contributed by atoms with van der Waals surface area (Å²) in [5, 5.41) is 0. The fourth-order valence-electron chi connectivity index (χ4n) is 1.27. The van der Waals surface area contributed by atoms with E-state index in [2.05, 4.69) is 0 Å². The minimum atomic E-state index is -0.00505. The molecule has 0 fully saturated rings. The monoisotopic (exact) mass is 271 g/mol. The standard InChI is InChI=1S/C13H18FNO4/c1-11(16)10-18-7-6-17-8-9-19-13-4-2-12(15-14)3-5-13/h2-5,15H,6-10H2,1H3. The molecule has 0 radical (unpaired) electrons. The molecule has 0 atom stereocenters. The summed E-state index contributed by atoms with van der Waals surface area (Å²) in [6.45, 7) is 3.21. The van der Waals surface area contributed by atoms with Crippen LogP contribution in [-0.4, -0.2) is 38.8 Å². The van der Waals surface area contributed by atoms with Crippen LogP contribution in [0.2, 0.25) is 0 Å². The third kappa shape index (κ3) is 7.38. The van der Waals surface area contributed by atoms with Crippen LogP contribution in [0.5, 0.6) is 5.75 Å². The molecule has 0 aromatic heterocycles. The number of ketones is 1. The van der Waals surface area contributed by atoms with Gasteiger partial charge in [0.1, 0.15) is 19.0 Å². The Hall–Kier alpha value is -1.66. The number of anilines is 1. The van der Waals surface area contributed by atoms with E-state index in [0.29, 0.717) is 37.9 Å². The van der Waals surface area contributed by atoms with E-state index in [9.17, 15) is 9.28 Å². The average molecular weight is 271 g/mol. The van der Waals surface area contributed by atoms with Crippen LogP contribution in [0.4, 0.5) is 10.2 Å². The van der Waals surface area contributed by atoms with Gasteiger partial charge >= 0.3 is 0 Å². The Labute approximate surface area is 111 Å². The van der Waals surface area contributed by atoms with E-state index in [1.807, 2.05) is 0 Å². The molecule has 6 heteroatoms. The number of hydrogen-bond acceptors (Lipinski definition) is 5. The predicted octanol–water partition coefficient (Wildman–Crippen LogP) is 1.98. The van der Waals surface area contributed by atoms with E-state index < -0.39 is 0 Å². The Balaban J connectivity index is 1.99. The van der Waals surface area contributed by atoms with Gasteiger partial charge in [-0.1, -0.05) is 0 Å². The molecule has 0 aliphatic heterocycles. The van der Waals surface area contributed by atoms with Crippen molar-refractivity contribution in [2.24, 2.45) is 0 Å². The highest BCUT2D eigenvalue weighted by atomic mass is 19.2. The number of benzene rings is 1. The summed E-state index contributed by atoms with van der Waals surface area (Å²) < 4.78 is 27.7. The molecule has 0 saturated heterocycles. The SMILES string of the molecule is CC(=O)COCCOCCOc1ccc(NF)cc1. The Kier molecular flexibility index (Phi) is 7.53. The molecule has 0 heterocycles. The summed E-state index contributed by atoms with van der Waals surface area (Å²) in [7, 11) is 0. The maximum Gasteiger partial charge on any atom is 0.155 e. The zero-order chi connectivity index (χ0) is 13.9. The Morgan fingerprint density at radius 1 is 1.11 bits per heavy atom. The van der Waals surface area contributed by atoms with Crippen molar-refractivity contribution in [3.63, 3.8) is 0 Å². The lowest BCUT2D eigenvalue weighted by atomic mass is 10.3. The topological polar surface area (TPSA) is 56.8 Å². The highest BCUT2D eigenvalue weighted by Crippen LogP contribution is 2.15. The van der Waals surface area contributed by atoms with E-state index in [-0.39, 0.29) is 12.4 Å². The molecule has 1 rings (SSSR count). The number of ether oxygens (including phenoxy) is 3. The first kappa shape index (κ1) is 15.4. The second-order valence-electron chi connectivity index (χ2n) is 3.83. The number of Topliss-reactive ketones (excluding diaryl/α,β-unsaturated/α-hetero) is 1. The van der Waals surface area contributed by atoms with Gasteiger partial charge in [0, 0.05) is 0 Å². The summed E-state index contributed by atoms with van der Waals surface area (Å²) in [6, 6.07) is 6.48. The second-order valence-corrected chi connectivity index (χ2v) is 3.83.